The van der Waals surface area contributed by atoms with Gasteiger partial charge in [-0.05, 0) is 0 Å². The van der Waals surface area contributed by atoms with E-state index in [1.54, 1.807) is 7.11 Å². The summed E-state index contributed by atoms with van der Waals surface area (Å²) in [6.07, 6.45) is 0. The highest BCUT2D eigenvalue weighted by atomic mass is 32.1. The summed E-state index contributed by atoms with van der Waals surface area (Å²) in [6.45, 7) is 6.80. The van der Waals surface area contributed by atoms with Gasteiger partial charge in [0.15, 0.2) is 0 Å². The monoisotopic (exact) mass is 244 g/mol. The van der Waals surface area contributed by atoms with E-state index >= 15 is 0 Å². The molecule has 0 bridgehead atoms. The first-order valence-corrected chi connectivity index (χ1v) is 5.87. The largest absolute Gasteiger partial charge is 0.389 e. The summed E-state index contributed by atoms with van der Waals surface area (Å²) in [4.78, 5) is 5.84. The van der Waals surface area contributed by atoms with E-state index in [2.05, 4.69) is 25.8 Å². The molecule has 0 atom stereocenters. The number of nitrogens with zero attached hydrogens (tertiary/aromatic N) is 1. The lowest BCUT2D eigenvalue weighted by Crippen LogP contribution is -2.19. The summed E-state index contributed by atoms with van der Waals surface area (Å²) in [6, 6.07) is 0. The second-order valence-electron chi connectivity index (χ2n) is 4.33. The number of nitrogens with two attached hydrogens (primary N) is 1. The number of methoxy groups -OCH3 is 1. The molecule has 0 saturated carbocycles. The van der Waals surface area contributed by atoms with Crippen LogP contribution in [0.15, 0.2) is 0 Å². The number of thiocarbonyl (C=S) groups is 1. The number of hydrogen-bond donors (Lipinski definition) is 1. The van der Waals surface area contributed by atoms with Crippen LogP contribution in [0.25, 0.3) is 0 Å². The van der Waals surface area contributed by atoms with Gasteiger partial charge < -0.3 is 10.5 Å². The zero-order valence-electron chi connectivity index (χ0n) is 9.46. The summed E-state index contributed by atoms with van der Waals surface area (Å²) < 4.78 is 5.05. The van der Waals surface area contributed by atoms with E-state index in [4.69, 9.17) is 22.7 Å². The third-order valence-corrected chi connectivity index (χ3v) is 3.27. The fraction of sp³-hybridized carbons (Fsp3) is 0.600. The molecule has 0 radical (unpaired) electrons. The van der Waals surface area contributed by atoms with E-state index in [0.29, 0.717) is 11.6 Å². The SMILES string of the molecule is COCc1nc(C(C)(C)C)c(C(N)=S)s1. The van der Waals surface area contributed by atoms with Gasteiger partial charge in [0.25, 0.3) is 0 Å². The lowest BCUT2D eigenvalue weighted by Gasteiger charge is -2.16. The normalized spacial score (nSPS) is 11.7. The first kappa shape index (κ1) is 12.5. The molecule has 0 aliphatic rings. The minimum absolute atomic E-state index is 0.0404. The fourth-order valence-electron chi connectivity index (χ4n) is 1.22. The van der Waals surface area contributed by atoms with Gasteiger partial charge in [0, 0.05) is 12.5 Å². The maximum absolute atomic E-state index is 5.68. The van der Waals surface area contributed by atoms with Gasteiger partial charge in [-0.1, -0.05) is 33.0 Å². The van der Waals surface area contributed by atoms with E-state index in [9.17, 15) is 0 Å². The van der Waals surface area contributed by atoms with Crippen LogP contribution in [-0.4, -0.2) is 17.1 Å². The molecular formula is C10H16N2OS2. The topological polar surface area (TPSA) is 48.1 Å². The van der Waals surface area contributed by atoms with Crippen molar-refractivity contribution in [2.24, 2.45) is 5.73 Å². The third-order valence-electron chi connectivity index (χ3n) is 1.87. The molecule has 84 valence electrons. The maximum Gasteiger partial charge on any atom is 0.119 e. The van der Waals surface area contributed by atoms with Crippen LogP contribution in [0.1, 0.15) is 36.3 Å². The van der Waals surface area contributed by atoms with Crippen molar-refractivity contribution in [3.63, 3.8) is 0 Å². The predicted octanol–water partition coefficient (Wildman–Crippen LogP) is 2.22. The molecule has 1 aromatic rings. The summed E-state index contributed by atoms with van der Waals surface area (Å²) in [5, 5.41) is 0.922. The van der Waals surface area contributed by atoms with Crippen LogP contribution in [0.5, 0.6) is 0 Å². The molecule has 0 amide bonds. The number of aromatic nitrogens is 1. The predicted molar refractivity (Wildman–Crippen MR) is 67.4 cm³/mol. The van der Waals surface area contributed by atoms with Crippen molar-refractivity contribution in [2.45, 2.75) is 32.8 Å². The zero-order chi connectivity index (χ0) is 11.6. The molecule has 15 heavy (non-hydrogen) atoms. The second kappa shape index (κ2) is 4.55. The van der Waals surface area contributed by atoms with Crippen LogP contribution in [0.2, 0.25) is 0 Å². The summed E-state index contributed by atoms with van der Waals surface area (Å²) in [7, 11) is 1.65. The van der Waals surface area contributed by atoms with Crippen molar-refractivity contribution in [1.29, 1.82) is 0 Å². The number of hydrogen-bond acceptors (Lipinski definition) is 4. The van der Waals surface area contributed by atoms with Gasteiger partial charge in [-0.3, -0.25) is 0 Å². The summed E-state index contributed by atoms with van der Waals surface area (Å²) in [5.74, 6) is 0. The molecule has 1 heterocycles. The average molecular weight is 244 g/mol. The maximum atomic E-state index is 5.68. The van der Waals surface area contributed by atoms with Gasteiger partial charge in [-0.2, -0.15) is 0 Å². The standard InChI is InChI=1S/C10H16N2OS2/c1-10(2,3)8-7(9(11)14)15-6(12-8)5-13-4/h5H2,1-4H3,(H2,11,14). The van der Waals surface area contributed by atoms with Crippen molar-refractivity contribution in [2.75, 3.05) is 7.11 Å². The molecule has 2 N–H and O–H groups in total. The molecule has 3 nitrogen and oxygen atoms in total. The Bertz CT molecular complexity index is 366. The molecular weight excluding hydrogens is 228 g/mol. The fourth-order valence-corrected chi connectivity index (χ4v) is 2.55. The number of rotatable bonds is 3. The summed E-state index contributed by atoms with van der Waals surface area (Å²) in [5.41, 5.74) is 6.61. The molecule has 0 saturated heterocycles. The van der Waals surface area contributed by atoms with Crippen LogP contribution in [-0.2, 0) is 16.8 Å². The minimum Gasteiger partial charge on any atom is -0.389 e. The highest BCUT2D eigenvalue weighted by Crippen LogP contribution is 2.29. The van der Waals surface area contributed by atoms with Crippen molar-refractivity contribution < 1.29 is 4.74 Å². The second-order valence-corrected chi connectivity index (χ2v) is 5.86. The minimum atomic E-state index is -0.0404. The third kappa shape index (κ3) is 2.96. The van der Waals surface area contributed by atoms with Gasteiger partial charge in [0.05, 0.1) is 17.2 Å². The Balaban J connectivity index is 3.18. The number of thiazole rings is 1. The Morgan fingerprint density at radius 2 is 2.13 bits per heavy atom. The Morgan fingerprint density at radius 1 is 1.53 bits per heavy atom. The van der Waals surface area contributed by atoms with Crippen molar-refractivity contribution >= 4 is 28.5 Å². The van der Waals surface area contributed by atoms with Gasteiger partial charge >= 0.3 is 0 Å². The average Bonchev–Trinajstić information content (AvgIpc) is 2.48. The van der Waals surface area contributed by atoms with Crippen LogP contribution >= 0.6 is 23.6 Å². The van der Waals surface area contributed by atoms with Crippen molar-refractivity contribution in [3.05, 3.63) is 15.6 Å². The zero-order valence-corrected chi connectivity index (χ0v) is 11.1. The van der Waals surface area contributed by atoms with Crippen LogP contribution in [0.3, 0.4) is 0 Å². The molecule has 0 fully saturated rings. The Morgan fingerprint density at radius 3 is 2.47 bits per heavy atom. The smallest absolute Gasteiger partial charge is 0.119 e. The molecule has 0 spiro atoms. The van der Waals surface area contributed by atoms with E-state index < -0.39 is 0 Å². The van der Waals surface area contributed by atoms with Gasteiger partial charge in [0.2, 0.25) is 0 Å². The van der Waals surface area contributed by atoms with Crippen LogP contribution in [0.4, 0.5) is 0 Å². The Hall–Kier alpha value is -0.520. The molecule has 0 aliphatic carbocycles. The lowest BCUT2D eigenvalue weighted by atomic mass is 9.91. The van der Waals surface area contributed by atoms with Gasteiger partial charge in [0.1, 0.15) is 10.00 Å². The molecule has 1 rings (SSSR count). The first-order chi connectivity index (χ1) is 6.86. The molecule has 0 aliphatic heterocycles. The van der Waals surface area contributed by atoms with Gasteiger partial charge in [-0.25, -0.2) is 4.98 Å². The molecule has 1 aromatic heterocycles. The van der Waals surface area contributed by atoms with Gasteiger partial charge in [-0.15, -0.1) is 11.3 Å². The highest BCUT2D eigenvalue weighted by molar-refractivity contribution is 7.81. The molecule has 5 heteroatoms. The van der Waals surface area contributed by atoms with Crippen LogP contribution < -0.4 is 5.73 Å². The van der Waals surface area contributed by atoms with Crippen molar-refractivity contribution in [1.82, 2.24) is 4.98 Å². The van der Waals surface area contributed by atoms with E-state index in [-0.39, 0.29) is 5.41 Å². The first-order valence-electron chi connectivity index (χ1n) is 4.65. The highest BCUT2D eigenvalue weighted by Gasteiger charge is 2.24. The van der Waals surface area contributed by atoms with E-state index in [0.717, 1.165) is 15.6 Å². The van der Waals surface area contributed by atoms with E-state index in [1.165, 1.54) is 11.3 Å². The van der Waals surface area contributed by atoms with Crippen LogP contribution in [0, 0.1) is 0 Å². The quantitative estimate of drug-likeness (QED) is 0.828. The van der Waals surface area contributed by atoms with E-state index in [1.807, 2.05) is 0 Å². The Labute approximate surface area is 99.7 Å². The summed E-state index contributed by atoms with van der Waals surface area (Å²) >= 11 is 6.54. The lowest BCUT2D eigenvalue weighted by molar-refractivity contribution is 0.184. The Kier molecular flexibility index (Phi) is 3.81. The number of ether oxygens (including phenoxy) is 1. The molecule has 0 aromatic carbocycles. The molecule has 0 unspecified atom stereocenters. The van der Waals surface area contributed by atoms with Crippen molar-refractivity contribution in [3.8, 4) is 0 Å².